The molecule has 0 aromatic rings. The van der Waals surface area contributed by atoms with E-state index < -0.39 is 37.7 Å². The number of carboxylic acid groups (broad SMARTS) is 3. The molecule has 0 rings (SSSR count). The Hall–Kier alpha value is -0.308. The number of carbonyl (C=O) groups excluding carboxylic acids is 3. The van der Waals surface area contributed by atoms with Crippen LogP contribution in [0.4, 0.5) is 0 Å². The van der Waals surface area contributed by atoms with Crippen LogP contribution in [0.25, 0.3) is 0 Å². The van der Waals surface area contributed by atoms with Crippen LogP contribution in [0.1, 0.15) is 0 Å². The quantitative estimate of drug-likeness (QED) is 0.439. The average Bonchev–Trinajstić information content (AvgIpc) is 2.18. The van der Waals surface area contributed by atoms with Crippen LogP contribution in [0.15, 0.2) is 0 Å². The summed E-state index contributed by atoms with van der Waals surface area (Å²) in [7, 11) is 0. The van der Waals surface area contributed by atoms with Gasteiger partial charge in [0, 0.05) is 0 Å². The van der Waals surface area contributed by atoms with Gasteiger partial charge in [0.05, 0.1) is 53.5 Å². The van der Waals surface area contributed by atoms with E-state index in [1.165, 1.54) is 0 Å². The van der Waals surface area contributed by atoms with Crippen molar-refractivity contribution in [2.24, 2.45) is 0 Å². The van der Waals surface area contributed by atoms with Crippen LogP contribution in [0, 0.1) is 0 Å². The molecule has 0 unspecified atom stereocenters. The van der Waals surface area contributed by atoms with Gasteiger partial charge in [-0.25, -0.2) is 0 Å². The average molecular weight is 355 g/mol. The molecule has 0 saturated carbocycles. The molecule has 0 saturated heterocycles. The van der Waals surface area contributed by atoms with Crippen molar-refractivity contribution in [1.29, 1.82) is 0 Å². The number of carboxylic acids is 3. The maximum Gasteiger partial charge on any atom is 3.00 e. The van der Waals surface area contributed by atoms with Gasteiger partial charge in [-0.15, -0.1) is 0 Å². The van der Waals surface area contributed by atoms with Gasteiger partial charge in [0.25, 0.3) is 0 Å². The third kappa shape index (κ3) is 57.7. The first-order valence-electron chi connectivity index (χ1n) is 3.61. The topological polar surface area (TPSA) is 148 Å². The van der Waals surface area contributed by atoms with Crippen LogP contribution < -0.4 is 15.3 Å². The van der Waals surface area contributed by atoms with Crippen LogP contribution in [-0.2, 0) is 27.3 Å². The monoisotopic (exact) mass is 354 g/mol. The Morgan fingerprint density at radius 3 is 0.842 bits per heavy atom. The van der Waals surface area contributed by atoms with Crippen molar-refractivity contribution in [3.05, 3.63) is 0 Å². The molecule has 0 N–H and O–H groups in total. The van der Waals surface area contributed by atoms with Gasteiger partial charge in [-0.05, 0) is 0 Å². The fourth-order valence-corrected chi connectivity index (χ4v) is 0.401. The Kier molecular flexibility index (Phi) is 32.6. The fraction of sp³-hybridized carbons (Fsp3) is 0.500. The number of aliphatic carboxylic acids is 3. The minimum Gasteiger partial charge on any atom is -0.548 e. The summed E-state index contributed by atoms with van der Waals surface area (Å²) < 4.78 is 10.8. The van der Waals surface area contributed by atoms with Crippen LogP contribution in [0.5, 0.6) is 0 Å². The Labute approximate surface area is 133 Å². The van der Waals surface area contributed by atoms with E-state index in [1.54, 1.807) is 0 Å². The minimum absolute atomic E-state index is 0. The second-order valence-electron chi connectivity index (χ2n) is 1.88. The predicted molar refractivity (Wildman–Crippen MR) is 56.2 cm³/mol. The van der Waals surface area contributed by atoms with Crippen molar-refractivity contribution in [2.45, 2.75) is 0 Å². The van der Waals surface area contributed by atoms with Crippen LogP contribution in [0.2, 0.25) is 0 Å². The summed E-state index contributed by atoms with van der Waals surface area (Å²) in [5.74, 6) is -3.94. The van der Waals surface area contributed by atoms with E-state index in [2.05, 4.69) is 48.5 Å². The van der Waals surface area contributed by atoms with Crippen molar-refractivity contribution >= 4 is 70.9 Å². The maximum absolute atomic E-state index is 9.28. The third-order valence-corrected chi connectivity index (χ3v) is 0.845. The van der Waals surface area contributed by atoms with Gasteiger partial charge >= 0.3 is 17.4 Å². The van der Waals surface area contributed by atoms with E-state index in [0.717, 1.165) is 0 Å². The summed E-state index contributed by atoms with van der Waals surface area (Å²) in [6.45, 7) is -1.66. The van der Waals surface area contributed by atoms with Gasteiger partial charge in [-0.2, -0.15) is 0 Å². The normalized spacial score (nSPS) is 7.74. The van der Waals surface area contributed by atoms with E-state index in [1.807, 2.05) is 0 Å². The van der Waals surface area contributed by atoms with Gasteiger partial charge in [0.15, 0.2) is 0 Å². The Balaban J connectivity index is -0.0000000865. The van der Waals surface area contributed by atoms with E-state index in [0.29, 0.717) is 0 Å². The second-order valence-corrected chi connectivity index (χ2v) is 2.53. The molecule has 0 atom stereocenters. The molecule has 0 aliphatic heterocycles. The Morgan fingerprint density at radius 2 is 0.842 bits per heavy atom. The molecule has 19 heavy (non-hydrogen) atoms. The maximum atomic E-state index is 9.28. The van der Waals surface area contributed by atoms with E-state index in [9.17, 15) is 29.7 Å². The van der Waals surface area contributed by atoms with E-state index in [4.69, 9.17) is 0 Å². The summed E-state index contributed by atoms with van der Waals surface area (Å²) in [6, 6.07) is 0. The molecule has 9 nitrogen and oxygen atoms in total. The number of rotatable bonds is 6. The number of carbonyl (C=O) groups is 3. The third-order valence-electron chi connectivity index (χ3n) is 0.517. The molecule has 13 heteroatoms. The molecule has 0 radical (unpaired) electrons. The number of halogens is 3. The van der Waals surface area contributed by atoms with Gasteiger partial charge in [-0.3, -0.25) is 12.9 Å². The van der Waals surface area contributed by atoms with Crippen molar-refractivity contribution in [3.8, 4) is 0 Å². The standard InChI is InChI=1S/3C2H3ClO3.Al/c3*3-6-1-2(4)5;/h3*1H2,(H,4,5);/q;;;+3/p-3. The summed E-state index contributed by atoms with van der Waals surface area (Å²) in [6.07, 6.45) is 0. The van der Waals surface area contributed by atoms with Crippen LogP contribution in [-0.4, -0.2) is 55.1 Å². The summed E-state index contributed by atoms with van der Waals surface area (Å²) in [4.78, 5) is 27.8. The van der Waals surface area contributed by atoms with Crippen molar-refractivity contribution in [3.63, 3.8) is 0 Å². The molecular weight excluding hydrogens is 349 g/mol. The van der Waals surface area contributed by atoms with E-state index >= 15 is 0 Å². The molecule has 0 aliphatic carbocycles. The van der Waals surface area contributed by atoms with Gasteiger partial charge < -0.3 is 29.7 Å². The zero-order valence-electron chi connectivity index (χ0n) is 9.01. The molecule has 0 aromatic heterocycles. The van der Waals surface area contributed by atoms with Crippen molar-refractivity contribution in [2.75, 3.05) is 19.8 Å². The van der Waals surface area contributed by atoms with Gasteiger partial charge in [-0.1, -0.05) is 0 Å². The molecule has 0 bridgehead atoms. The second kappa shape index (κ2) is 22.8. The first kappa shape index (κ1) is 27.1. The molecular formula is C6H6AlCl3O9. The summed E-state index contributed by atoms with van der Waals surface area (Å²) >= 11 is 13.4. The van der Waals surface area contributed by atoms with Crippen LogP contribution in [0.3, 0.4) is 0 Å². The SMILES string of the molecule is O=C([O-])COCl.O=C([O-])COCl.O=C([O-])COCl.[Al+3]. The molecule has 0 amide bonds. The van der Waals surface area contributed by atoms with Crippen molar-refractivity contribution in [1.82, 2.24) is 0 Å². The number of hydrogen-bond donors (Lipinski definition) is 0. The number of hydrogen-bond acceptors (Lipinski definition) is 9. The zero-order valence-corrected chi connectivity index (χ0v) is 12.4. The van der Waals surface area contributed by atoms with Gasteiger partial charge in [0.2, 0.25) is 0 Å². The zero-order chi connectivity index (χ0) is 15.0. The molecule has 0 spiro atoms. The largest absolute Gasteiger partial charge is 3.00 e. The smallest absolute Gasteiger partial charge is 0.548 e. The fourth-order valence-electron chi connectivity index (χ4n) is 0.134. The Morgan fingerprint density at radius 1 is 0.684 bits per heavy atom. The summed E-state index contributed by atoms with van der Waals surface area (Å²) in [5, 5.41) is 27.8. The minimum atomic E-state index is -1.31. The van der Waals surface area contributed by atoms with Gasteiger partial charge in [0.1, 0.15) is 19.8 Å². The van der Waals surface area contributed by atoms with E-state index in [-0.39, 0.29) is 17.4 Å². The van der Waals surface area contributed by atoms with Crippen molar-refractivity contribution < 1.29 is 42.6 Å². The molecule has 0 aromatic carbocycles. The van der Waals surface area contributed by atoms with Crippen LogP contribution >= 0.6 is 35.6 Å². The molecule has 0 fully saturated rings. The molecule has 108 valence electrons. The first-order chi connectivity index (χ1) is 8.31. The molecule has 0 aliphatic rings. The Bertz CT molecular complexity index is 202. The molecule has 0 heterocycles. The predicted octanol–water partition coefficient (Wildman–Crippen LogP) is -3.66. The first-order valence-corrected chi connectivity index (χ1v) is 4.54. The summed E-state index contributed by atoms with van der Waals surface area (Å²) in [5.41, 5.74) is 0.